The van der Waals surface area contributed by atoms with Crippen LogP contribution in [0.3, 0.4) is 0 Å². The lowest BCUT2D eigenvalue weighted by Gasteiger charge is -2.21. The highest BCUT2D eigenvalue weighted by atomic mass is 35.5. The third-order valence-electron chi connectivity index (χ3n) is 2.76. The number of methoxy groups -OCH3 is 1. The van der Waals surface area contributed by atoms with Crippen LogP contribution in [0.15, 0.2) is 6.07 Å². The molecule has 1 aromatic rings. The number of nitrogens with zero attached hydrogens (tertiary/aromatic N) is 2. The predicted molar refractivity (Wildman–Crippen MR) is 76.5 cm³/mol. The van der Waals surface area contributed by atoms with Crippen LogP contribution in [0.1, 0.15) is 18.2 Å². The number of esters is 1. The van der Waals surface area contributed by atoms with Gasteiger partial charge >= 0.3 is 5.97 Å². The normalized spacial score (nSPS) is 12.6. The van der Waals surface area contributed by atoms with Crippen molar-refractivity contribution in [3.8, 4) is 0 Å². The Hall–Kier alpha value is -0.840. The van der Waals surface area contributed by atoms with Crippen LogP contribution in [0.25, 0.3) is 0 Å². The molecule has 4 nitrogen and oxygen atoms in total. The van der Waals surface area contributed by atoms with Gasteiger partial charge in [0.05, 0.1) is 13.0 Å². The highest BCUT2D eigenvalue weighted by Crippen LogP contribution is 2.25. The number of ether oxygens (including phenoxy) is 1. The first-order chi connectivity index (χ1) is 8.85. The highest BCUT2D eigenvalue weighted by Gasteiger charge is 2.17. The van der Waals surface area contributed by atoms with Gasteiger partial charge in [-0.25, -0.2) is 4.98 Å². The summed E-state index contributed by atoms with van der Waals surface area (Å²) in [5.41, 5.74) is 1.55. The van der Waals surface area contributed by atoms with Gasteiger partial charge < -0.3 is 9.64 Å². The summed E-state index contributed by atoms with van der Waals surface area (Å²) >= 11 is 12.3. The zero-order chi connectivity index (χ0) is 14.6. The van der Waals surface area contributed by atoms with E-state index in [1.165, 1.54) is 7.11 Å². The number of carbonyl (C=O) groups excluding carboxylic acids is 1. The molecule has 0 amide bonds. The van der Waals surface area contributed by atoms with Crippen LogP contribution in [0, 0.1) is 12.8 Å². The lowest BCUT2D eigenvalue weighted by Crippen LogP contribution is -2.29. The molecule has 19 heavy (non-hydrogen) atoms. The summed E-state index contributed by atoms with van der Waals surface area (Å²) in [5.74, 6) is -0.433. The zero-order valence-electron chi connectivity index (χ0n) is 11.5. The minimum Gasteiger partial charge on any atom is -0.469 e. The summed E-state index contributed by atoms with van der Waals surface area (Å²) in [6.45, 7) is 4.75. The van der Waals surface area contributed by atoms with Crippen molar-refractivity contribution in [2.24, 2.45) is 5.92 Å². The average molecular weight is 305 g/mol. The van der Waals surface area contributed by atoms with Crippen LogP contribution in [-0.4, -0.2) is 36.6 Å². The molecule has 1 heterocycles. The van der Waals surface area contributed by atoms with Crippen LogP contribution >= 0.6 is 23.2 Å². The molecule has 0 bridgehead atoms. The van der Waals surface area contributed by atoms with Crippen LogP contribution in [0.5, 0.6) is 0 Å². The molecule has 0 saturated carbocycles. The molecule has 1 rings (SSSR count). The molecule has 0 aliphatic rings. The Labute approximate surface area is 123 Å². The summed E-state index contributed by atoms with van der Waals surface area (Å²) in [6, 6.07) is 1.78. The van der Waals surface area contributed by atoms with E-state index in [9.17, 15) is 4.79 Å². The molecule has 0 aliphatic carbocycles. The molecular weight excluding hydrogens is 287 g/mol. The molecule has 6 heteroatoms. The molecule has 0 N–H and O–H groups in total. The lowest BCUT2D eigenvalue weighted by atomic mass is 10.1. The van der Waals surface area contributed by atoms with Crippen molar-refractivity contribution in [2.45, 2.75) is 20.4 Å². The van der Waals surface area contributed by atoms with E-state index in [0.717, 1.165) is 11.3 Å². The first-order valence-electron chi connectivity index (χ1n) is 5.93. The Morgan fingerprint density at radius 1 is 1.53 bits per heavy atom. The molecule has 106 valence electrons. The van der Waals surface area contributed by atoms with Crippen LogP contribution in [-0.2, 0) is 16.1 Å². The van der Waals surface area contributed by atoms with Crippen molar-refractivity contribution in [3.05, 3.63) is 27.5 Å². The van der Waals surface area contributed by atoms with E-state index in [1.807, 2.05) is 25.8 Å². The van der Waals surface area contributed by atoms with Gasteiger partial charge in [0.25, 0.3) is 0 Å². The van der Waals surface area contributed by atoms with E-state index < -0.39 is 0 Å². The van der Waals surface area contributed by atoms with Crippen LogP contribution in [0.4, 0.5) is 0 Å². The monoisotopic (exact) mass is 304 g/mol. The van der Waals surface area contributed by atoms with E-state index in [1.54, 1.807) is 6.07 Å². The topological polar surface area (TPSA) is 42.4 Å². The van der Waals surface area contributed by atoms with Gasteiger partial charge in [-0.1, -0.05) is 30.1 Å². The molecular formula is C13H18Cl2N2O2. The largest absolute Gasteiger partial charge is 0.469 e. The molecule has 0 spiro atoms. The SMILES string of the molecule is COC(=O)C(C)CN(C)Cc1c(Cl)cc(C)nc1Cl. The first-order valence-corrected chi connectivity index (χ1v) is 6.68. The predicted octanol–water partition coefficient (Wildman–Crippen LogP) is 2.94. The lowest BCUT2D eigenvalue weighted by molar-refractivity contribution is -0.145. The third-order valence-corrected chi connectivity index (χ3v) is 3.41. The van der Waals surface area contributed by atoms with E-state index in [0.29, 0.717) is 23.3 Å². The molecule has 1 atom stereocenters. The number of pyridine rings is 1. The quantitative estimate of drug-likeness (QED) is 0.619. The van der Waals surface area contributed by atoms with E-state index in [2.05, 4.69) is 4.98 Å². The number of aromatic nitrogens is 1. The fraction of sp³-hybridized carbons (Fsp3) is 0.538. The smallest absolute Gasteiger partial charge is 0.309 e. The highest BCUT2D eigenvalue weighted by molar-refractivity contribution is 6.35. The van der Waals surface area contributed by atoms with Gasteiger partial charge in [0.2, 0.25) is 0 Å². The molecule has 0 fully saturated rings. The van der Waals surface area contributed by atoms with Crippen LogP contribution < -0.4 is 0 Å². The molecule has 1 aromatic heterocycles. The van der Waals surface area contributed by atoms with Gasteiger partial charge in [-0.15, -0.1) is 0 Å². The Morgan fingerprint density at radius 2 is 2.16 bits per heavy atom. The maximum absolute atomic E-state index is 11.4. The number of carbonyl (C=O) groups is 1. The van der Waals surface area contributed by atoms with Gasteiger partial charge in [0, 0.05) is 29.4 Å². The second-order valence-corrected chi connectivity index (χ2v) is 5.40. The van der Waals surface area contributed by atoms with Crippen molar-refractivity contribution in [2.75, 3.05) is 20.7 Å². The fourth-order valence-corrected chi connectivity index (χ4v) is 2.49. The van der Waals surface area contributed by atoms with Crippen molar-refractivity contribution in [1.82, 2.24) is 9.88 Å². The standard InChI is InChI=1S/C13H18Cl2N2O2/c1-8(13(18)19-4)6-17(3)7-10-11(14)5-9(2)16-12(10)15/h5,8H,6-7H2,1-4H3. The minimum absolute atomic E-state index is 0.203. The third kappa shape index (κ3) is 4.64. The number of hydrogen-bond acceptors (Lipinski definition) is 4. The summed E-state index contributed by atoms with van der Waals surface area (Å²) in [6.07, 6.45) is 0. The van der Waals surface area contributed by atoms with Crippen molar-refractivity contribution in [1.29, 1.82) is 0 Å². The Morgan fingerprint density at radius 3 is 2.68 bits per heavy atom. The van der Waals surface area contributed by atoms with Gasteiger partial charge in [0.15, 0.2) is 0 Å². The van der Waals surface area contributed by atoms with Crippen molar-refractivity contribution >= 4 is 29.2 Å². The summed E-state index contributed by atoms with van der Waals surface area (Å²) in [7, 11) is 3.28. The summed E-state index contributed by atoms with van der Waals surface area (Å²) in [4.78, 5) is 17.5. The second kappa shape index (κ2) is 7.08. The van der Waals surface area contributed by atoms with Gasteiger partial charge in [0.1, 0.15) is 5.15 Å². The van der Waals surface area contributed by atoms with E-state index in [4.69, 9.17) is 27.9 Å². The van der Waals surface area contributed by atoms with Gasteiger partial charge in [-0.3, -0.25) is 4.79 Å². The number of hydrogen-bond donors (Lipinski definition) is 0. The van der Waals surface area contributed by atoms with Gasteiger partial charge in [-0.2, -0.15) is 0 Å². The number of halogens is 2. The minimum atomic E-state index is -0.230. The number of aryl methyl sites for hydroxylation is 1. The molecule has 0 aliphatic heterocycles. The molecule has 0 radical (unpaired) electrons. The first kappa shape index (κ1) is 16.2. The van der Waals surface area contributed by atoms with Crippen molar-refractivity contribution in [3.63, 3.8) is 0 Å². The Kier molecular flexibility index (Phi) is 6.04. The Bertz CT molecular complexity index is 443. The molecule has 1 unspecified atom stereocenters. The van der Waals surface area contributed by atoms with Crippen molar-refractivity contribution < 1.29 is 9.53 Å². The molecule has 0 saturated heterocycles. The second-order valence-electron chi connectivity index (χ2n) is 4.64. The average Bonchev–Trinajstić information content (AvgIpc) is 2.32. The van der Waals surface area contributed by atoms with Crippen LogP contribution in [0.2, 0.25) is 10.2 Å². The van der Waals surface area contributed by atoms with E-state index in [-0.39, 0.29) is 11.9 Å². The summed E-state index contributed by atoms with van der Waals surface area (Å²) < 4.78 is 4.70. The summed E-state index contributed by atoms with van der Waals surface area (Å²) in [5, 5.41) is 0.998. The van der Waals surface area contributed by atoms with E-state index >= 15 is 0 Å². The maximum Gasteiger partial charge on any atom is 0.309 e. The fourth-order valence-electron chi connectivity index (χ4n) is 1.84. The maximum atomic E-state index is 11.4. The Balaban J connectivity index is 2.72. The van der Waals surface area contributed by atoms with Gasteiger partial charge in [-0.05, 0) is 20.0 Å². The molecule has 0 aromatic carbocycles. The zero-order valence-corrected chi connectivity index (χ0v) is 13.0. The number of rotatable bonds is 5.